The minimum absolute atomic E-state index is 0.0282. The van der Waals surface area contributed by atoms with Gasteiger partial charge in [-0.25, -0.2) is 0 Å². The van der Waals surface area contributed by atoms with Crippen LogP contribution in [0.25, 0.3) is 0 Å². The van der Waals surface area contributed by atoms with Gasteiger partial charge >= 0.3 is 5.97 Å². The molecule has 0 saturated carbocycles. The van der Waals surface area contributed by atoms with Crippen LogP contribution in [0.3, 0.4) is 0 Å². The van der Waals surface area contributed by atoms with Crippen molar-refractivity contribution in [2.75, 3.05) is 6.61 Å². The highest BCUT2D eigenvalue weighted by Crippen LogP contribution is 1.96. The monoisotopic (exact) mass is 182 g/mol. The lowest BCUT2D eigenvalue weighted by Crippen LogP contribution is -2.11. The van der Waals surface area contributed by atoms with E-state index in [-0.39, 0.29) is 11.9 Å². The molecule has 0 aliphatic heterocycles. The molecule has 0 bridgehead atoms. The second-order valence-electron chi connectivity index (χ2n) is 3.06. The number of hydrogen-bond donors (Lipinski definition) is 0. The lowest BCUT2D eigenvalue weighted by molar-refractivity contribution is -0.147. The zero-order valence-corrected chi connectivity index (χ0v) is 8.62. The van der Waals surface area contributed by atoms with Crippen molar-refractivity contribution in [2.45, 2.75) is 27.2 Å². The maximum absolute atomic E-state index is 11.0. The molecule has 0 aliphatic rings. The maximum Gasteiger partial charge on any atom is 0.308 e. The summed E-state index contributed by atoms with van der Waals surface area (Å²) in [6, 6.07) is 0. The first-order valence-electron chi connectivity index (χ1n) is 4.63. The van der Waals surface area contributed by atoms with Crippen LogP contribution in [-0.2, 0) is 9.53 Å². The van der Waals surface area contributed by atoms with Gasteiger partial charge in [0.05, 0.1) is 12.5 Å². The molecule has 2 nitrogen and oxygen atoms in total. The van der Waals surface area contributed by atoms with Crippen molar-refractivity contribution in [1.29, 1.82) is 0 Å². The molecule has 0 radical (unpaired) electrons. The third-order valence-corrected chi connectivity index (χ3v) is 1.44. The Balaban J connectivity index is 3.41. The zero-order valence-electron chi connectivity index (χ0n) is 8.62. The lowest BCUT2D eigenvalue weighted by atomic mass is 10.2. The SMILES string of the molecule is C/C=C/C=C\CCOC(=O)C(C)C. The summed E-state index contributed by atoms with van der Waals surface area (Å²) in [7, 11) is 0. The fraction of sp³-hybridized carbons (Fsp3) is 0.545. The fourth-order valence-corrected chi connectivity index (χ4v) is 0.680. The van der Waals surface area contributed by atoms with E-state index in [0.29, 0.717) is 6.61 Å². The smallest absolute Gasteiger partial charge is 0.308 e. The second-order valence-corrected chi connectivity index (χ2v) is 3.06. The largest absolute Gasteiger partial charge is 0.465 e. The quantitative estimate of drug-likeness (QED) is 0.371. The summed E-state index contributed by atoms with van der Waals surface area (Å²) in [4.78, 5) is 11.0. The Labute approximate surface area is 80.3 Å². The van der Waals surface area contributed by atoms with Gasteiger partial charge in [0, 0.05) is 0 Å². The molecule has 0 rings (SSSR count). The number of esters is 1. The third kappa shape index (κ3) is 7.32. The number of allylic oxidation sites excluding steroid dienone is 3. The highest BCUT2D eigenvalue weighted by molar-refractivity contribution is 5.71. The van der Waals surface area contributed by atoms with Gasteiger partial charge in [-0.15, -0.1) is 0 Å². The number of carbonyl (C=O) groups excluding carboxylic acids is 1. The molecule has 0 N–H and O–H groups in total. The van der Waals surface area contributed by atoms with Gasteiger partial charge in [-0.05, 0) is 13.3 Å². The molecule has 0 spiro atoms. The van der Waals surface area contributed by atoms with Crippen LogP contribution >= 0.6 is 0 Å². The zero-order chi connectivity index (χ0) is 10.1. The molecule has 0 saturated heterocycles. The van der Waals surface area contributed by atoms with Crippen LogP contribution in [0.2, 0.25) is 0 Å². The van der Waals surface area contributed by atoms with Gasteiger partial charge in [-0.1, -0.05) is 38.2 Å². The molecule has 0 atom stereocenters. The van der Waals surface area contributed by atoms with E-state index in [1.807, 2.05) is 45.1 Å². The Kier molecular flexibility index (Phi) is 6.98. The molecule has 0 heterocycles. The van der Waals surface area contributed by atoms with Gasteiger partial charge in [-0.2, -0.15) is 0 Å². The minimum atomic E-state index is -0.126. The highest BCUT2D eigenvalue weighted by Gasteiger charge is 2.06. The van der Waals surface area contributed by atoms with Crippen LogP contribution in [-0.4, -0.2) is 12.6 Å². The van der Waals surface area contributed by atoms with Crippen molar-refractivity contribution in [3.8, 4) is 0 Å². The predicted octanol–water partition coefficient (Wildman–Crippen LogP) is 2.71. The molecule has 0 fully saturated rings. The number of hydrogen-bond acceptors (Lipinski definition) is 2. The average molecular weight is 182 g/mol. The summed E-state index contributed by atoms with van der Waals surface area (Å²) in [5, 5.41) is 0. The summed E-state index contributed by atoms with van der Waals surface area (Å²) in [6.45, 7) is 6.10. The molecule has 0 aliphatic carbocycles. The molecule has 0 aromatic heterocycles. The summed E-state index contributed by atoms with van der Waals surface area (Å²) in [5.41, 5.74) is 0. The topological polar surface area (TPSA) is 26.3 Å². The van der Waals surface area contributed by atoms with E-state index in [4.69, 9.17) is 4.74 Å². The molecule has 0 aromatic carbocycles. The Morgan fingerprint density at radius 3 is 2.62 bits per heavy atom. The van der Waals surface area contributed by atoms with Crippen LogP contribution in [0, 0.1) is 5.92 Å². The Hall–Kier alpha value is -1.05. The number of rotatable bonds is 5. The van der Waals surface area contributed by atoms with Gasteiger partial charge in [-0.3, -0.25) is 4.79 Å². The fourth-order valence-electron chi connectivity index (χ4n) is 0.680. The molecule has 0 amide bonds. The molecule has 0 aromatic rings. The van der Waals surface area contributed by atoms with Crippen molar-refractivity contribution >= 4 is 5.97 Å². The predicted molar refractivity (Wildman–Crippen MR) is 54.4 cm³/mol. The molecular formula is C11H18O2. The van der Waals surface area contributed by atoms with Gasteiger partial charge < -0.3 is 4.74 Å². The van der Waals surface area contributed by atoms with Gasteiger partial charge in [0.25, 0.3) is 0 Å². The average Bonchev–Trinajstić information content (AvgIpc) is 2.10. The molecule has 0 unspecified atom stereocenters. The van der Waals surface area contributed by atoms with E-state index in [1.165, 1.54) is 0 Å². The Morgan fingerprint density at radius 1 is 1.38 bits per heavy atom. The first-order valence-corrected chi connectivity index (χ1v) is 4.63. The number of carbonyl (C=O) groups is 1. The second kappa shape index (κ2) is 7.59. The third-order valence-electron chi connectivity index (χ3n) is 1.44. The minimum Gasteiger partial charge on any atom is -0.465 e. The van der Waals surface area contributed by atoms with Gasteiger partial charge in [0.1, 0.15) is 0 Å². The first-order chi connectivity index (χ1) is 6.18. The van der Waals surface area contributed by atoms with Crippen LogP contribution in [0.15, 0.2) is 24.3 Å². The van der Waals surface area contributed by atoms with E-state index in [9.17, 15) is 4.79 Å². The van der Waals surface area contributed by atoms with E-state index >= 15 is 0 Å². The first kappa shape index (κ1) is 11.9. The van der Waals surface area contributed by atoms with Gasteiger partial charge in [0.15, 0.2) is 0 Å². The van der Waals surface area contributed by atoms with Crippen LogP contribution < -0.4 is 0 Å². The standard InChI is InChI=1S/C11H18O2/c1-4-5-6-7-8-9-13-11(12)10(2)3/h4-7,10H,8-9H2,1-3H3/b5-4+,7-6-. The van der Waals surface area contributed by atoms with Crippen molar-refractivity contribution < 1.29 is 9.53 Å². The maximum atomic E-state index is 11.0. The molecule has 2 heteroatoms. The van der Waals surface area contributed by atoms with E-state index in [1.54, 1.807) is 0 Å². The normalized spacial score (nSPS) is 11.7. The molecule has 13 heavy (non-hydrogen) atoms. The van der Waals surface area contributed by atoms with Crippen molar-refractivity contribution in [3.05, 3.63) is 24.3 Å². The van der Waals surface area contributed by atoms with Crippen LogP contribution in [0.4, 0.5) is 0 Å². The van der Waals surface area contributed by atoms with Crippen molar-refractivity contribution in [2.24, 2.45) is 5.92 Å². The van der Waals surface area contributed by atoms with E-state index in [0.717, 1.165) is 6.42 Å². The van der Waals surface area contributed by atoms with Gasteiger partial charge in [0.2, 0.25) is 0 Å². The Bertz CT molecular complexity index is 190. The summed E-state index contributed by atoms with van der Waals surface area (Å²) >= 11 is 0. The molecule has 74 valence electrons. The summed E-state index contributed by atoms with van der Waals surface area (Å²) in [5.74, 6) is -0.154. The Morgan fingerprint density at radius 2 is 2.08 bits per heavy atom. The number of ether oxygens (including phenoxy) is 1. The summed E-state index contributed by atoms with van der Waals surface area (Å²) < 4.78 is 4.97. The van der Waals surface area contributed by atoms with Crippen molar-refractivity contribution in [3.63, 3.8) is 0 Å². The van der Waals surface area contributed by atoms with E-state index in [2.05, 4.69) is 0 Å². The van der Waals surface area contributed by atoms with Crippen molar-refractivity contribution in [1.82, 2.24) is 0 Å². The molecular weight excluding hydrogens is 164 g/mol. The van der Waals surface area contributed by atoms with Crippen LogP contribution in [0.1, 0.15) is 27.2 Å². The van der Waals surface area contributed by atoms with E-state index < -0.39 is 0 Å². The van der Waals surface area contributed by atoms with Crippen LogP contribution in [0.5, 0.6) is 0 Å². The lowest BCUT2D eigenvalue weighted by Gasteiger charge is -2.04. The highest BCUT2D eigenvalue weighted by atomic mass is 16.5. The summed E-state index contributed by atoms with van der Waals surface area (Å²) in [6.07, 6.45) is 8.61.